The highest BCUT2D eigenvalue weighted by Crippen LogP contribution is 2.32. The average Bonchev–Trinajstić information content (AvgIpc) is 3.09. The van der Waals surface area contributed by atoms with Crippen molar-refractivity contribution in [2.45, 2.75) is 50.5 Å². The molecule has 2 heterocycles. The largest absolute Gasteiger partial charge is 0.486 e. The van der Waals surface area contributed by atoms with Crippen molar-refractivity contribution in [1.29, 1.82) is 0 Å². The molecule has 2 aliphatic heterocycles. The van der Waals surface area contributed by atoms with Crippen LogP contribution in [0.15, 0.2) is 41.3 Å². The number of rotatable bonds is 5. The number of ether oxygens (including phenoxy) is 2. The van der Waals surface area contributed by atoms with Gasteiger partial charge in [-0.1, -0.05) is 25.0 Å². The molecule has 2 aromatic rings. The van der Waals surface area contributed by atoms with Crippen LogP contribution in [0.2, 0.25) is 0 Å². The lowest BCUT2D eigenvalue weighted by Gasteiger charge is -2.22. The number of hydrogen-bond donors (Lipinski definition) is 1. The normalized spacial score (nSPS) is 17.9. The van der Waals surface area contributed by atoms with Gasteiger partial charge in [0.1, 0.15) is 13.2 Å². The maximum absolute atomic E-state index is 13.3. The van der Waals surface area contributed by atoms with Crippen LogP contribution in [0, 0.1) is 6.92 Å². The van der Waals surface area contributed by atoms with E-state index in [4.69, 9.17) is 9.47 Å². The number of carbonyl (C=O) groups is 1. The highest BCUT2D eigenvalue weighted by Gasteiger charge is 2.27. The fraction of sp³-hybridized carbons (Fsp3) is 0.458. The zero-order chi connectivity index (χ0) is 22.7. The molecule has 0 bridgehead atoms. The molecule has 2 aromatic carbocycles. The second-order valence-corrected chi connectivity index (χ2v) is 10.3. The van der Waals surface area contributed by atoms with Gasteiger partial charge in [0.25, 0.3) is 5.91 Å². The van der Waals surface area contributed by atoms with Crippen LogP contribution in [-0.2, 0) is 10.0 Å². The molecule has 32 heavy (non-hydrogen) atoms. The van der Waals surface area contributed by atoms with E-state index in [0.29, 0.717) is 48.9 Å². The third-order valence-corrected chi connectivity index (χ3v) is 8.09. The minimum absolute atomic E-state index is 0.207. The summed E-state index contributed by atoms with van der Waals surface area (Å²) in [4.78, 5) is 13.2. The Morgan fingerprint density at radius 1 is 0.969 bits per heavy atom. The van der Waals surface area contributed by atoms with Gasteiger partial charge in [-0.3, -0.25) is 4.79 Å². The van der Waals surface area contributed by atoms with Crippen molar-refractivity contribution in [3.63, 3.8) is 0 Å². The first kappa shape index (κ1) is 22.6. The van der Waals surface area contributed by atoms with Gasteiger partial charge < -0.3 is 14.8 Å². The first-order chi connectivity index (χ1) is 15.4. The summed E-state index contributed by atoms with van der Waals surface area (Å²) in [6.07, 6.45) is 3.83. The Bertz CT molecular complexity index is 1090. The number of fused-ring (bicyclic) bond motifs is 1. The summed E-state index contributed by atoms with van der Waals surface area (Å²) in [7, 11) is -3.64. The van der Waals surface area contributed by atoms with Crippen LogP contribution < -0.4 is 14.8 Å². The van der Waals surface area contributed by atoms with Gasteiger partial charge in [-0.15, -0.1) is 0 Å². The Morgan fingerprint density at radius 2 is 1.66 bits per heavy atom. The van der Waals surface area contributed by atoms with E-state index in [9.17, 15) is 13.2 Å². The summed E-state index contributed by atoms with van der Waals surface area (Å²) in [5.74, 6) is 1.04. The lowest BCUT2D eigenvalue weighted by molar-refractivity contribution is 0.0939. The molecule has 1 fully saturated rings. The second-order valence-electron chi connectivity index (χ2n) is 8.40. The number of sulfonamides is 1. The molecule has 1 saturated heterocycles. The molecule has 1 unspecified atom stereocenters. The molecule has 0 radical (unpaired) electrons. The first-order valence-corrected chi connectivity index (χ1v) is 12.6. The third kappa shape index (κ3) is 4.76. The Kier molecular flexibility index (Phi) is 6.71. The number of nitrogens with one attached hydrogen (secondary N) is 1. The monoisotopic (exact) mass is 458 g/mol. The Labute approximate surface area is 189 Å². The van der Waals surface area contributed by atoms with Gasteiger partial charge in [0.2, 0.25) is 10.0 Å². The number of hydrogen-bond acceptors (Lipinski definition) is 5. The third-order valence-electron chi connectivity index (χ3n) is 6.05. The Hall–Kier alpha value is -2.58. The zero-order valence-electron chi connectivity index (χ0n) is 18.6. The van der Waals surface area contributed by atoms with E-state index in [1.807, 2.05) is 25.1 Å². The molecule has 172 valence electrons. The maximum Gasteiger partial charge on any atom is 0.251 e. The lowest BCUT2D eigenvalue weighted by Crippen LogP contribution is -2.33. The van der Waals surface area contributed by atoms with Crippen molar-refractivity contribution in [1.82, 2.24) is 9.62 Å². The molecule has 0 saturated carbocycles. The Morgan fingerprint density at radius 3 is 2.38 bits per heavy atom. The van der Waals surface area contributed by atoms with E-state index < -0.39 is 10.0 Å². The number of aryl methyl sites for hydroxylation is 1. The van der Waals surface area contributed by atoms with Gasteiger partial charge >= 0.3 is 0 Å². The van der Waals surface area contributed by atoms with Crippen molar-refractivity contribution in [2.24, 2.45) is 0 Å². The van der Waals surface area contributed by atoms with E-state index in [2.05, 4.69) is 5.32 Å². The van der Waals surface area contributed by atoms with Gasteiger partial charge in [-0.05, 0) is 62.1 Å². The van der Waals surface area contributed by atoms with Gasteiger partial charge in [0.15, 0.2) is 11.5 Å². The zero-order valence-corrected chi connectivity index (χ0v) is 19.4. The molecule has 1 amide bonds. The summed E-state index contributed by atoms with van der Waals surface area (Å²) in [5, 5.41) is 2.96. The van der Waals surface area contributed by atoms with Crippen LogP contribution in [0.25, 0.3) is 0 Å². The highest BCUT2D eigenvalue weighted by molar-refractivity contribution is 7.89. The van der Waals surface area contributed by atoms with E-state index in [1.54, 1.807) is 23.4 Å². The minimum Gasteiger partial charge on any atom is -0.486 e. The maximum atomic E-state index is 13.3. The molecular weight excluding hydrogens is 428 g/mol. The Balaban J connectivity index is 1.53. The van der Waals surface area contributed by atoms with E-state index in [0.717, 1.165) is 31.2 Å². The number of benzene rings is 2. The molecule has 8 heteroatoms. The topological polar surface area (TPSA) is 84.9 Å². The van der Waals surface area contributed by atoms with Crippen LogP contribution in [0.1, 0.15) is 60.1 Å². The fourth-order valence-electron chi connectivity index (χ4n) is 4.13. The standard InChI is InChI=1S/C24H30N2O5S/c1-17-7-8-20(16-23(17)32(28,29)26-11-5-3-4-6-12-26)24(27)25-18(2)19-9-10-21-22(15-19)31-14-13-30-21/h7-10,15-16,18H,3-6,11-14H2,1-2H3,(H,25,27). The summed E-state index contributed by atoms with van der Waals surface area (Å²) < 4.78 is 39.3. The summed E-state index contributed by atoms with van der Waals surface area (Å²) >= 11 is 0. The van der Waals surface area contributed by atoms with Crippen LogP contribution in [0.5, 0.6) is 11.5 Å². The number of nitrogens with zero attached hydrogens (tertiary/aromatic N) is 1. The van der Waals surface area contributed by atoms with Gasteiger partial charge in [-0.25, -0.2) is 8.42 Å². The van der Waals surface area contributed by atoms with Crippen LogP contribution in [0.3, 0.4) is 0 Å². The molecule has 1 N–H and O–H groups in total. The molecule has 0 aromatic heterocycles. The van der Waals surface area contributed by atoms with Crippen molar-refractivity contribution < 1.29 is 22.7 Å². The first-order valence-electron chi connectivity index (χ1n) is 11.2. The molecule has 7 nitrogen and oxygen atoms in total. The average molecular weight is 459 g/mol. The SMILES string of the molecule is Cc1ccc(C(=O)NC(C)c2ccc3c(c2)OCCO3)cc1S(=O)(=O)N1CCCCCC1. The molecule has 1 atom stereocenters. The fourth-order valence-corrected chi connectivity index (χ4v) is 5.90. The molecular formula is C24H30N2O5S. The van der Waals surface area contributed by atoms with Gasteiger partial charge in [0.05, 0.1) is 10.9 Å². The molecule has 2 aliphatic rings. The van der Waals surface area contributed by atoms with Crippen molar-refractivity contribution in [3.8, 4) is 11.5 Å². The minimum atomic E-state index is -3.64. The summed E-state index contributed by atoms with van der Waals surface area (Å²) in [6, 6.07) is 10.2. The number of carbonyl (C=O) groups excluding carboxylic acids is 1. The van der Waals surface area contributed by atoms with E-state index in [-0.39, 0.29) is 16.8 Å². The molecule has 0 aliphatic carbocycles. The number of amides is 1. The summed E-state index contributed by atoms with van der Waals surface area (Å²) in [6.45, 7) is 5.72. The smallest absolute Gasteiger partial charge is 0.251 e. The summed E-state index contributed by atoms with van der Waals surface area (Å²) in [5.41, 5.74) is 1.85. The predicted molar refractivity (Wildman–Crippen MR) is 122 cm³/mol. The van der Waals surface area contributed by atoms with Gasteiger partial charge in [0, 0.05) is 18.7 Å². The van der Waals surface area contributed by atoms with Crippen LogP contribution in [-0.4, -0.2) is 44.9 Å². The van der Waals surface area contributed by atoms with Crippen LogP contribution >= 0.6 is 0 Å². The van der Waals surface area contributed by atoms with Crippen molar-refractivity contribution >= 4 is 15.9 Å². The second kappa shape index (κ2) is 9.50. The highest BCUT2D eigenvalue weighted by atomic mass is 32.2. The predicted octanol–water partition coefficient (Wildman–Crippen LogP) is 3.82. The molecule has 0 spiro atoms. The van der Waals surface area contributed by atoms with Crippen molar-refractivity contribution in [2.75, 3.05) is 26.3 Å². The van der Waals surface area contributed by atoms with Crippen molar-refractivity contribution in [3.05, 3.63) is 53.1 Å². The van der Waals surface area contributed by atoms with Gasteiger partial charge in [-0.2, -0.15) is 4.31 Å². The van der Waals surface area contributed by atoms with E-state index >= 15 is 0 Å². The quantitative estimate of drug-likeness (QED) is 0.736. The van der Waals surface area contributed by atoms with Crippen LogP contribution in [0.4, 0.5) is 0 Å². The lowest BCUT2D eigenvalue weighted by atomic mass is 10.1. The van der Waals surface area contributed by atoms with E-state index in [1.165, 1.54) is 6.07 Å². The molecule has 4 rings (SSSR count).